The van der Waals surface area contributed by atoms with E-state index < -0.39 is 17.9 Å². The molecule has 0 aliphatic rings. The topological polar surface area (TPSA) is 108 Å². The van der Waals surface area contributed by atoms with Gasteiger partial charge < -0.3 is 15.7 Å². The zero-order valence-electron chi connectivity index (χ0n) is 12.0. The molecule has 1 heterocycles. The first kappa shape index (κ1) is 17.1. The zero-order chi connectivity index (χ0) is 15.8. The average molecular weight is 313 g/mol. The minimum Gasteiger partial charge on any atom is -0.480 e. The number of amides is 2. The Hall–Kier alpha value is -1.96. The van der Waals surface area contributed by atoms with Gasteiger partial charge in [-0.1, -0.05) is 13.3 Å². The van der Waals surface area contributed by atoms with E-state index >= 15 is 0 Å². The van der Waals surface area contributed by atoms with E-state index in [4.69, 9.17) is 5.11 Å². The van der Waals surface area contributed by atoms with Crippen LogP contribution in [0.5, 0.6) is 0 Å². The van der Waals surface area contributed by atoms with Gasteiger partial charge in [0.2, 0.25) is 11.8 Å². The number of aliphatic carboxylic acids is 1. The average Bonchev–Trinajstić information content (AvgIpc) is 2.81. The van der Waals surface area contributed by atoms with Gasteiger partial charge in [0.1, 0.15) is 6.04 Å². The predicted octanol–water partition coefficient (Wildman–Crippen LogP) is 1.54. The number of nitrogens with one attached hydrogen (secondary N) is 2. The fourth-order valence-corrected chi connectivity index (χ4v) is 2.34. The molecule has 2 amide bonds. The van der Waals surface area contributed by atoms with Gasteiger partial charge in [0, 0.05) is 18.2 Å². The van der Waals surface area contributed by atoms with Gasteiger partial charge in [0.15, 0.2) is 5.13 Å². The van der Waals surface area contributed by atoms with Crippen LogP contribution in [0, 0.1) is 6.92 Å². The van der Waals surface area contributed by atoms with E-state index in [0.29, 0.717) is 18.0 Å². The minimum atomic E-state index is -1.06. The lowest BCUT2D eigenvalue weighted by Crippen LogP contribution is -2.40. The van der Waals surface area contributed by atoms with Crippen molar-refractivity contribution in [3.8, 4) is 0 Å². The van der Waals surface area contributed by atoms with Crippen molar-refractivity contribution in [2.75, 3.05) is 5.32 Å². The van der Waals surface area contributed by atoms with Crippen molar-refractivity contribution in [3.05, 3.63) is 11.1 Å². The zero-order valence-corrected chi connectivity index (χ0v) is 12.8. The number of aromatic nitrogens is 1. The lowest BCUT2D eigenvalue weighted by Gasteiger charge is -2.13. The van der Waals surface area contributed by atoms with Crippen LogP contribution in [0.3, 0.4) is 0 Å². The number of hydrogen-bond donors (Lipinski definition) is 3. The van der Waals surface area contributed by atoms with Crippen LogP contribution < -0.4 is 10.6 Å². The van der Waals surface area contributed by atoms with Crippen LogP contribution in [0.15, 0.2) is 5.38 Å². The maximum absolute atomic E-state index is 11.6. The van der Waals surface area contributed by atoms with E-state index in [9.17, 15) is 14.4 Å². The number of carbonyl (C=O) groups excluding carboxylic acids is 2. The largest absolute Gasteiger partial charge is 0.480 e. The number of anilines is 1. The Bertz CT molecular complexity index is 515. The Kier molecular flexibility index (Phi) is 6.80. The number of nitrogens with zero attached hydrogens (tertiary/aromatic N) is 1. The van der Waals surface area contributed by atoms with E-state index in [1.165, 1.54) is 11.3 Å². The number of rotatable bonds is 8. The smallest absolute Gasteiger partial charge is 0.326 e. The SMILES string of the molecule is CCCC(NC(=O)CCC(=O)Nc1nc(C)cs1)C(=O)O. The molecule has 3 N–H and O–H groups in total. The first-order valence-corrected chi connectivity index (χ1v) is 7.54. The molecular weight excluding hydrogens is 294 g/mol. The van der Waals surface area contributed by atoms with Crippen molar-refractivity contribution in [2.45, 2.75) is 45.6 Å². The number of thiazole rings is 1. The van der Waals surface area contributed by atoms with Crippen molar-refractivity contribution in [2.24, 2.45) is 0 Å². The molecule has 0 saturated carbocycles. The predicted molar refractivity (Wildman–Crippen MR) is 79.2 cm³/mol. The number of carboxylic acid groups (broad SMARTS) is 1. The van der Waals surface area contributed by atoms with Crippen LogP contribution in [0.2, 0.25) is 0 Å². The molecule has 0 bridgehead atoms. The van der Waals surface area contributed by atoms with E-state index in [2.05, 4.69) is 15.6 Å². The number of carboxylic acids is 1. The molecule has 1 atom stereocenters. The van der Waals surface area contributed by atoms with Crippen molar-refractivity contribution in [1.82, 2.24) is 10.3 Å². The molecule has 0 saturated heterocycles. The summed E-state index contributed by atoms with van der Waals surface area (Å²) >= 11 is 1.31. The normalized spacial score (nSPS) is 11.7. The van der Waals surface area contributed by atoms with E-state index in [0.717, 1.165) is 5.69 Å². The summed E-state index contributed by atoms with van der Waals surface area (Å²) in [5.74, 6) is -1.82. The second kappa shape index (κ2) is 8.35. The second-order valence-electron chi connectivity index (χ2n) is 4.59. The lowest BCUT2D eigenvalue weighted by atomic mass is 10.1. The highest BCUT2D eigenvalue weighted by Gasteiger charge is 2.19. The number of aryl methyl sites for hydroxylation is 1. The summed E-state index contributed by atoms with van der Waals surface area (Å²) in [4.78, 5) is 38.2. The van der Waals surface area contributed by atoms with Crippen molar-refractivity contribution < 1.29 is 19.5 Å². The van der Waals surface area contributed by atoms with Gasteiger partial charge >= 0.3 is 5.97 Å². The van der Waals surface area contributed by atoms with Gasteiger partial charge in [-0.15, -0.1) is 11.3 Å². The summed E-state index contributed by atoms with van der Waals surface area (Å²) in [5.41, 5.74) is 0.817. The summed E-state index contributed by atoms with van der Waals surface area (Å²) in [6.07, 6.45) is 0.958. The van der Waals surface area contributed by atoms with Crippen molar-refractivity contribution >= 4 is 34.3 Å². The summed E-state index contributed by atoms with van der Waals surface area (Å²) in [6.45, 7) is 3.66. The highest BCUT2D eigenvalue weighted by molar-refractivity contribution is 7.13. The molecule has 8 heteroatoms. The van der Waals surface area contributed by atoms with Crippen LogP contribution in [-0.4, -0.2) is 33.9 Å². The second-order valence-corrected chi connectivity index (χ2v) is 5.45. The highest BCUT2D eigenvalue weighted by atomic mass is 32.1. The molecule has 0 spiro atoms. The van der Waals surface area contributed by atoms with Crippen LogP contribution in [0.1, 0.15) is 38.3 Å². The summed E-state index contributed by atoms with van der Waals surface area (Å²) < 4.78 is 0. The van der Waals surface area contributed by atoms with E-state index in [1.807, 2.05) is 19.2 Å². The fourth-order valence-electron chi connectivity index (χ4n) is 1.63. The molecule has 7 nitrogen and oxygen atoms in total. The van der Waals surface area contributed by atoms with Gasteiger partial charge in [-0.2, -0.15) is 0 Å². The van der Waals surface area contributed by atoms with Crippen molar-refractivity contribution in [3.63, 3.8) is 0 Å². The van der Waals surface area contributed by atoms with E-state index in [1.54, 1.807) is 0 Å². The maximum atomic E-state index is 11.6. The third kappa shape index (κ3) is 6.35. The van der Waals surface area contributed by atoms with Gasteiger partial charge in [-0.25, -0.2) is 9.78 Å². The Balaban J connectivity index is 2.34. The Labute approximate surface area is 126 Å². The summed E-state index contributed by atoms with van der Waals surface area (Å²) in [7, 11) is 0. The Morgan fingerprint density at radius 1 is 1.33 bits per heavy atom. The standard InChI is InChI=1S/C13H19N3O4S/c1-3-4-9(12(19)20)15-10(17)5-6-11(18)16-13-14-8(2)7-21-13/h7,9H,3-6H2,1-2H3,(H,15,17)(H,19,20)(H,14,16,18). The maximum Gasteiger partial charge on any atom is 0.326 e. The van der Waals surface area contributed by atoms with Gasteiger partial charge in [0.05, 0.1) is 5.69 Å². The van der Waals surface area contributed by atoms with Crippen LogP contribution >= 0.6 is 11.3 Å². The third-order valence-corrected chi connectivity index (χ3v) is 3.53. The van der Waals surface area contributed by atoms with E-state index in [-0.39, 0.29) is 18.7 Å². The van der Waals surface area contributed by atoms with Crippen LogP contribution in [0.4, 0.5) is 5.13 Å². The molecule has 0 aliphatic carbocycles. The van der Waals surface area contributed by atoms with Gasteiger partial charge in [-0.05, 0) is 13.3 Å². The Morgan fingerprint density at radius 2 is 2.00 bits per heavy atom. The minimum absolute atomic E-state index is 0.0110. The molecule has 21 heavy (non-hydrogen) atoms. The monoisotopic (exact) mass is 313 g/mol. The molecule has 1 aromatic heterocycles. The third-order valence-electron chi connectivity index (χ3n) is 2.66. The van der Waals surface area contributed by atoms with Gasteiger partial charge in [-0.3, -0.25) is 9.59 Å². The number of hydrogen-bond acceptors (Lipinski definition) is 5. The molecule has 1 rings (SSSR count). The first-order valence-electron chi connectivity index (χ1n) is 6.66. The van der Waals surface area contributed by atoms with Crippen molar-refractivity contribution in [1.29, 1.82) is 0 Å². The molecule has 116 valence electrons. The van der Waals surface area contributed by atoms with Gasteiger partial charge in [0.25, 0.3) is 0 Å². The lowest BCUT2D eigenvalue weighted by molar-refractivity contribution is -0.142. The summed E-state index contributed by atoms with van der Waals surface area (Å²) in [6, 6.07) is -0.896. The Morgan fingerprint density at radius 3 is 2.52 bits per heavy atom. The molecule has 1 aromatic rings. The highest BCUT2D eigenvalue weighted by Crippen LogP contribution is 2.14. The molecule has 0 aliphatic heterocycles. The van der Waals surface area contributed by atoms with Crippen LogP contribution in [-0.2, 0) is 14.4 Å². The fraction of sp³-hybridized carbons (Fsp3) is 0.538. The number of carbonyl (C=O) groups is 3. The first-order chi connectivity index (χ1) is 9.92. The molecule has 0 fully saturated rings. The molecule has 0 aromatic carbocycles. The quantitative estimate of drug-likeness (QED) is 0.674. The molecular formula is C13H19N3O4S. The molecule has 1 unspecified atom stereocenters. The van der Waals surface area contributed by atoms with Crippen LogP contribution in [0.25, 0.3) is 0 Å². The molecule has 0 radical (unpaired) electrons. The summed E-state index contributed by atoms with van der Waals surface area (Å²) in [5, 5.41) is 16.2.